The molecular formula is C23H22N4O2S. The lowest BCUT2D eigenvalue weighted by Crippen LogP contribution is -2.09. The molecule has 0 radical (unpaired) electrons. The van der Waals surface area contributed by atoms with Crippen LogP contribution in [0.25, 0.3) is 22.3 Å². The van der Waals surface area contributed by atoms with Gasteiger partial charge in [0, 0.05) is 17.0 Å². The first-order valence-electron chi connectivity index (χ1n) is 9.61. The SMILES string of the molecule is COc1ccc(-c2csc3nc(NC(=O)/C=C/c4ccc(C(C)C)cc4)nn23)cc1. The Morgan fingerprint density at radius 2 is 1.87 bits per heavy atom. The van der Waals surface area contributed by atoms with Gasteiger partial charge >= 0.3 is 0 Å². The number of nitrogens with one attached hydrogen (secondary N) is 1. The van der Waals surface area contributed by atoms with E-state index in [1.165, 1.54) is 23.0 Å². The van der Waals surface area contributed by atoms with Crippen molar-refractivity contribution in [3.05, 3.63) is 71.1 Å². The van der Waals surface area contributed by atoms with E-state index in [-0.39, 0.29) is 11.9 Å². The number of amides is 1. The third kappa shape index (κ3) is 4.26. The molecule has 0 saturated carbocycles. The topological polar surface area (TPSA) is 68.5 Å². The maximum absolute atomic E-state index is 12.3. The predicted molar refractivity (Wildman–Crippen MR) is 121 cm³/mol. The Morgan fingerprint density at radius 3 is 2.53 bits per heavy atom. The van der Waals surface area contributed by atoms with Gasteiger partial charge < -0.3 is 4.74 Å². The molecule has 2 aromatic heterocycles. The number of hydrogen-bond donors (Lipinski definition) is 1. The molecule has 2 heterocycles. The smallest absolute Gasteiger partial charge is 0.250 e. The quantitative estimate of drug-likeness (QED) is 0.435. The zero-order valence-electron chi connectivity index (χ0n) is 17.0. The van der Waals surface area contributed by atoms with Crippen LogP contribution in [-0.4, -0.2) is 27.6 Å². The van der Waals surface area contributed by atoms with Gasteiger partial charge in [-0.15, -0.1) is 16.4 Å². The second-order valence-corrected chi connectivity index (χ2v) is 7.96. The Kier molecular flexibility index (Phi) is 5.63. The fourth-order valence-electron chi connectivity index (χ4n) is 3.01. The summed E-state index contributed by atoms with van der Waals surface area (Å²) >= 11 is 1.47. The number of carbonyl (C=O) groups excluding carboxylic acids is 1. The summed E-state index contributed by atoms with van der Waals surface area (Å²) < 4.78 is 6.94. The monoisotopic (exact) mass is 418 g/mol. The normalized spacial score (nSPS) is 11.5. The van der Waals surface area contributed by atoms with Gasteiger partial charge in [-0.2, -0.15) is 4.98 Å². The molecule has 0 saturated heterocycles. The molecular weight excluding hydrogens is 396 g/mol. The van der Waals surface area contributed by atoms with Gasteiger partial charge in [0.15, 0.2) is 0 Å². The van der Waals surface area contributed by atoms with Crippen LogP contribution in [0.2, 0.25) is 0 Å². The molecule has 0 atom stereocenters. The van der Waals surface area contributed by atoms with Gasteiger partial charge in [0.2, 0.25) is 4.96 Å². The fraction of sp³-hybridized carbons (Fsp3) is 0.174. The van der Waals surface area contributed by atoms with Gasteiger partial charge in [0.05, 0.1) is 12.8 Å². The molecule has 2 aromatic carbocycles. The maximum Gasteiger partial charge on any atom is 0.250 e. The summed E-state index contributed by atoms with van der Waals surface area (Å²) in [7, 11) is 1.64. The standard InChI is InChI=1S/C23H22N4O2S/c1-15(2)17-7-4-16(5-8-17)6-13-21(28)24-22-25-23-27(26-22)20(14-30-23)18-9-11-19(29-3)12-10-18/h4-15H,1-3H3,(H,24,26,28)/b13-6+. The Hall–Kier alpha value is -3.45. The molecule has 0 aliphatic carbocycles. The van der Waals surface area contributed by atoms with Crippen molar-refractivity contribution in [2.24, 2.45) is 0 Å². The first-order chi connectivity index (χ1) is 14.5. The summed E-state index contributed by atoms with van der Waals surface area (Å²) in [6.45, 7) is 4.31. The molecule has 1 N–H and O–H groups in total. The lowest BCUT2D eigenvalue weighted by Gasteiger charge is -2.04. The largest absolute Gasteiger partial charge is 0.497 e. The summed E-state index contributed by atoms with van der Waals surface area (Å²) in [5.41, 5.74) is 4.14. The summed E-state index contributed by atoms with van der Waals surface area (Å²) in [5.74, 6) is 1.28. The van der Waals surface area contributed by atoms with Crippen molar-refractivity contribution in [3.63, 3.8) is 0 Å². The highest BCUT2D eigenvalue weighted by Gasteiger charge is 2.12. The number of ether oxygens (including phenoxy) is 1. The van der Waals surface area contributed by atoms with Crippen LogP contribution < -0.4 is 10.1 Å². The van der Waals surface area contributed by atoms with Crippen LogP contribution in [0, 0.1) is 0 Å². The van der Waals surface area contributed by atoms with Crippen LogP contribution >= 0.6 is 11.3 Å². The van der Waals surface area contributed by atoms with Gasteiger partial charge in [-0.25, -0.2) is 4.52 Å². The lowest BCUT2D eigenvalue weighted by atomic mass is 10.0. The number of anilines is 1. The molecule has 152 valence electrons. The first-order valence-corrected chi connectivity index (χ1v) is 10.5. The van der Waals surface area contributed by atoms with E-state index in [1.807, 2.05) is 41.8 Å². The van der Waals surface area contributed by atoms with Crippen molar-refractivity contribution in [3.8, 4) is 17.0 Å². The van der Waals surface area contributed by atoms with Crippen LogP contribution in [0.4, 0.5) is 5.95 Å². The molecule has 1 amide bonds. The second kappa shape index (κ2) is 8.51. The average molecular weight is 419 g/mol. The number of fused-ring (bicyclic) bond motifs is 1. The Labute approximate surface area is 178 Å². The summed E-state index contributed by atoms with van der Waals surface area (Å²) in [5, 5.41) is 9.16. The predicted octanol–water partition coefficient (Wildman–Crippen LogP) is 5.24. The molecule has 6 nitrogen and oxygen atoms in total. The van der Waals surface area contributed by atoms with E-state index in [9.17, 15) is 4.79 Å². The van der Waals surface area contributed by atoms with E-state index in [4.69, 9.17) is 4.74 Å². The Morgan fingerprint density at radius 1 is 1.13 bits per heavy atom. The number of carbonyl (C=O) groups is 1. The Balaban J connectivity index is 1.47. The van der Waals surface area contributed by atoms with E-state index in [0.29, 0.717) is 10.9 Å². The number of aromatic nitrogens is 3. The zero-order chi connectivity index (χ0) is 21.1. The summed E-state index contributed by atoms with van der Waals surface area (Å²) in [4.78, 5) is 17.4. The number of hydrogen-bond acceptors (Lipinski definition) is 5. The third-order valence-electron chi connectivity index (χ3n) is 4.73. The van der Waals surface area contributed by atoms with Gasteiger partial charge in [-0.3, -0.25) is 10.1 Å². The molecule has 0 bridgehead atoms. The molecule has 0 fully saturated rings. The van der Waals surface area contributed by atoms with E-state index in [2.05, 4.69) is 41.4 Å². The van der Waals surface area contributed by atoms with E-state index in [0.717, 1.165) is 22.6 Å². The van der Waals surface area contributed by atoms with Crippen molar-refractivity contribution in [1.82, 2.24) is 14.6 Å². The highest BCUT2D eigenvalue weighted by molar-refractivity contribution is 7.15. The van der Waals surface area contributed by atoms with Crippen LogP contribution in [0.1, 0.15) is 30.9 Å². The number of thiazole rings is 1. The second-order valence-electron chi connectivity index (χ2n) is 7.12. The number of nitrogens with zero attached hydrogens (tertiary/aromatic N) is 3. The molecule has 4 aromatic rings. The van der Waals surface area contributed by atoms with E-state index >= 15 is 0 Å². The third-order valence-corrected chi connectivity index (χ3v) is 5.55. The molecule has 0 aliphatic heterocycles. The minimum absolute atomic E-state index is 0.271. The molecule has 0 spiro atoms. The number of rotatable bonds is 6. The minimum Gasteiger partial charge on any atom is -0.497 e. The number of methoxy groups -OCH3 is 1. The molecule has 4 rings (SSSR count). The van der Waals surface area contributed by atoms with Crippen molar-refractivity contribution in [2.45, 2.75) is 19.8 Å². The minimum atomic E-state index is -0.271. The van der Waals surface area contributed by atoms with Crippen molar-refractivity contribution in [1.29, 1.82) is 0 Å². The van der Waals surface area contributed by atoms with Crippen molar-refractivity contribution >= 4 is 34.2 Å². The highest BCUT2D eigenvalue weighted by atomic mass is 32.1. The fourth-order valence-corrected chi connectivity index (χ4v) is 3.84. The average Bonchev–Trinajstić information content (AvgIpc) is 3.33. The first kappa shape index (κ1) is 19.8. The molecule has 30 heavy (non-hydrogen) atoms. The lowest BCUT2D eigenvalue weighted by molar-refractivity contribution is -0.111. The van der Waals surface area contributed by atoms with Gasteiger partial charge in [0.25, 0.3) is 11.9 Å². The van der Waals surface area contributed by atoms with Crippen LogP contribution in [0.5, 0.6) is 5.75 Å². The van der Waals surface area contributed by atoms with E-state index < -0.39 is 0 Å². The summed E-state index contributed by atoms with van der Waals surface area (Å²) in [6.07, 6.45) is 3.27. The van der Waals surface area contributed by atoms with Gasteiger partial charge in [-0.1, -0.05) is 38.1 Å². The van der Waals surface area contributed by atoms with Crippen LogP contribution in [0.15, 0.2) is 60.0 Å². The van der Waals surface area contributed by atoms with Crippen LogP contribution in [-0.2, 0) is 4.79 Å². The van der Waals surface area contributed by atoms with Crippen molar-refractivity contribution < 1.29 is 9.53 Å². The zero-order valence-corrected chi connectivity index (χ0v) is 17.8. The highest BCUT2D eigenvalue weighted by Crippen LogP contribution is 2.27. The molecule has 0 unspecified atom stereocenters. The van der Waals surface area contributed by atoms with Gasteiger partial charge in [0.1, 0.15) is 5.75 Å². The molecule has 7 heteroatoms. The number of benzene rings is 2. The maximum atomic E-state index is 12.3. The van der Waals surface area contributed by atoms with E-state index in [1.54, 1.807) is 17.7 Å². The van der Waals surface area contributed by atoms with Crippen molar-refractivity contribution in [2.75, 3.05) is 12.4 Å². The van der Waals surface area contributed by atoms with Gasteiger partial charge in [-0.05, 0) is 47.4 Å². The molecule has 0 aliphatic rings. The summed E-state index contributed by atoms with van der Waals surface area (Å²) in [6, 6.07) is 15.9. The van der Waals surface area contributed by atoms with Crippen LogP contribution in [0.3, 0.4) is 0 Å². The Bertz CT molecular complexity index is 1190.